The van der Waals surface area contributed by atoms with Crippen molar-refractivity contribution in [2.45, 2.75) is 26.2 Å². The molecule has 0 fully saturated rings. The van der Waals surface area contributed by atoms with Crippen LogP contribution in [0.2, 0.25) is 0 Å². The van der Waals surface area contributed by atoms with Crippen molar-refractivity contribution >= 4 is 11.8 Å². The second-order valence-electron chi connectivity index (χ2n) is 4.80. The number of aryl methyl sites for hydroxylation is 1. The summed E-state index contributed by atoms with van der Waals surface area (Å²) >= 11 is 0. The molecule has 3 N–H and O–H groups in total. The van der Waals surface area contributed by atoms with Gasteiger partial charge in [-0.05, 0) is 12.5 Å². The van der Waals surface area contributed by atoms with Crippen molar-refractivity contribution in [1.82, 2.24) is 5.32 Å². The molecule has 0 aromatic heterocycles. The van der Waals surface area contributed by atoms with Crippen molar-refractivity contribution in [3.05, 3.63) is 35.4 Å². The highest BCUT2D eigenvalue weighted by Gasteiger charge is 2.22. The first kappa shape index (κ1) is 13.2. The van der Waals surface area contributed by atoms with E-state index in [1.54, 1.807) is 0 Å². The Morgan fingerprint density at radius 1 is 1.35 bits per heavy atom. The van der Waals surface area contributed by atoms with Crippen LogP contribution in [0.5, 0.6) is 0 Å². The Morgan fingerprint density at radius 2 is 2.00 bits per heavy atom. The van der Waals surface area contributed by atoms with E-state index in [4.69, 9.17) is 5.73 Å². The molecule has 0 spiro atoms. The minimum absolute atomic E-state index is 0.239. The second-order valence-corrected chi connectivity index (χ2v) is 4.80. The maximum absolute atomic E-state index is 11.1. The van der Waals surface area contributed by atoms with Crippen molar-refractivity contribution < 1.29 is 9.59 Å². The van der Waals surface area contributed by atoms with Gasteiger partial charge in [0.25, 0.3) is 0 Å². The zero-order valence-electron chi connectivity index (χ0n) is 10.4. The Labute approximate surface area is 101 Å². The monoisotopic (exact) mass is 234 g/mol. The van der Waals surface area contributed by atoms with E-state index in [1.807, 2.05) is 39.0 Å². The van der Waals surface area contributed by atoms with Crippen LogP contribution >= 0.6 is 0 Å². The van der Waals surface area contributed by atoms with Crippen molar-refractivity contribution in [2.24, 2.45) is 5.73 Å². The van der Waals surface area contributed by atoms with Gasteiger partial charge < -0.3 is 11.1 Å². The van der Waals surface area contributed by atoms with Gasteiger partial charge in [-0.1, -0.05) is 43.7 Å². The number of nitrogens with two attached hydrogens (primary N) is 1. The van der Waals surface area contributed by atoms with Gasteiger partial charge in [0, 0.05) is 12.0 Å². The minimum atomic E-state index is -0.954. The van der Waals surface area contributed by atoms with Crippen molar-refractivity contribution in [3.63, 3.8) is 0 Å². The summed E-state index contributed by atoms with van der Waals surface area (Å²) in [5.41, 5.74) is 6.92. The summed E-state index contributed by atoms with van der Waals surface area (Å²) in [5, 5.41) is 2.53. The molecule has 17 heavy (non-hydrogen) atoms. The normalized spacial score (nSPS) is 11.0. The first-order valence-corrected chi connectivity index (χ1v) is 5.48. The highest BCUT2D eigenvalue weighted by Crippen LogP contribution is 2.22. The fraction of sp³-hybridized carbons (Fsp3) is 0.385. The quantitative estimate of drug-likeness (QED) is 0.762. The van der Waals surface area contributed by atoms with E-state index in [0.717, 1.165) is 11.1 Å². The third-order valence-corrected chi connectivity index (χ3v) is 2.71. The van der Waals surface area contributed by atoms with E-state index in [0.29, 0.717) is 6.54 Å². The minimum Gasteiger partial charge on any atom is -0.361 e. The smallest absolute Gasteiger partial charge is 0.309 e. The molecule has 2 amide bonds. The average Bonchev–Trinajstić information content (AvgIpc) is 2.26. The van der Waals surface area contributed by atoms with Gasteiger partial charge in [-0.2, -0.15) is 0 Å². The van der Waals surface area contributed by atoms with E-state index in [2.05, 4.69) is 11.4 Å². The highest BCUT2D eigenvalue weighted by molar-refractivity contribution is 6.34. The molecule has 4 heteroatoms. The Balaban J connectivity index is 2.75. The Morgan fingerprint density at radius 3 is 2.53 bits per heavy atom. The first-order chi connectivity index (χ1) is 7.83. The summed E-state index contributed by atoms with van der Waals surface area (Å²) in [6, 6.07) is 8.06. The SMILES string of the molecule is Cc1cccc(C(C)(C)CNC(=O)C(N)=O)c1. The molecular weight excluding hydrogens is 216 g/mol. The van der Waals surface area contributed by atoms with Crippen LogP contribution in [0, 0.1) is 6.92 Å². The molecular formula is C13H18N2O2. The van der Waals surface area contributed by atoms with Gasteiger partial charge in [0.05, 0.1) is 0 Å². The molecule has 0 atom stereocenters. The number of hydrogen-bond acceptors (Lipinski definition) is 2. The molecule has 0 aliphatic heterocycles. The molecule has 0 aliphatic carbocycles. The molecule has 1 rings (SSSR count). The van der Waals surface area contributed by atoms with E-state index in [9.17, 15) is 9.59 Å². The van der Waals surface area contributed by atoms with Crippen molar-refractivity contribution in [2.75, 3.05) is 6.54 Å². The molecule has 0 bridgehead atoms. The molecule has 0 unspecified atom stereocenters. The van der Waals surface area contributed by atoms with Gasteiger partial charge in [0.1, 0.15) is 0 Å². The van der Waals surface area contributed by atoms with Gasteiger partial charge in [-0.15, -0.1) is 0 Å². The van der Waals surface area contributed by atoms with E-state index in [-0.39, 0.29) is 5.41 Å². The summed E-state index contributed by atoms with van der Waals surface area (Å²) in [5.74, 6) is -1.70. The molecule has 0 heterocycles. The lowest BCUT2D eigenvalue weighted by atomic mass is 9.84. The maximum Gasteiger partial charge on any atom is 0.309 e. The number of carbonyl (C=O) groups excluding carboxylic acids is 2. The van der Waals surface area contributed by atoms with Crippen molar-refractivity contribution in [3.8, 4) is 0 Å². The lowest BCUT2D eigenvalue weighted by Gasteiger charge is -2.25. The zero-order chi connectivity index (χ0) is 13.1. The number of carbonyl (C=O) groups is 2. The predicted molar refractivity (Wildman–Crippen MR) is 66.4 cm³/mol. The summed E-state index contributed by atoms with van der Waals surface area (Å²) in [4.78, 5) is 21.7. The second kappa shape index (κ2) is 4.99. The number of benzene rings is 1. The van der Waals surface area contributed by atoms with Crippen LogP contribution in [-0.2, 0) is 15.0 Å². The first-order valence-electron chi connectivity index (χ1n) is 5.48. The third kappa shape index (κ3) is 3.59. The molecule has 4 nitrogen and oxygen atoms in total. The molecule has 1 aromatic carbocycles. The summed E-state index contributed by atoms with van der Waals surface area (Å²) in [6.07, 6.45) is 0. The molecule has 1 aromatic rings. The Hall–Kier alpha value is -1.84. The number of primary amides is 1. The number of rotatable bonds is 3. The van der Waals surface area contributed by atoms with E-state index in [1.165, 1.54) is 0 Å². The maximum atomic E-state index is 11.1. The molecule has 0 saturated heterocycles. The Kier molecular flexibility index (Phi) is 3.89. The van der Waals surface area contributed by atoms with Crippen LogP contribution in [0.1, 0.15) is 25.0 Å². The zero-order valence-corrected chi connectivity index (χ0v) is 10.4. The van der Waals surface area contributed by atoms with Crippen LogP contribution < -0.4 is 11.1 Å². The molecule has 0 radical (unpaired) electrons. The average molecular weight is 234 g/mol. The number of hydrogen-bond donors (Lipinski definition) is 2. The summed E-state index contributed by atoms with van der Waals surface area (Å²) in [6.45, 7) is 6.39. The van der Waals surface area contributed by atoms with E-state index >= 15 is 0 Å². The molecule has 92 valence electrons. The summed E-state index contributed by atoms with van der Waals surface area (Å²) < 4.78 is 0. The van der Waals surface area contributed by atoms with Crippen LogP contribution in [0.15, 0.2) is 24.3 Å². The molecule has 0 aliphatic rings. The van der Waals surface area contributed by atoms with Crippen molar-refractivity contribution in [1.29, 1.82) is 0 Å². The van der Waals surface area contributed by atoms with E-state index < -0.39 is 11.8 Å². The van der Waals surface area contributed by atoms with Gasteiger partial charge in [0.2, 0.25) is 0 Å². The number of amides is 2. The van der Waals surface area contributed by atoms with Crippen LogP contribution in [-0.4, -0.2) is 18.4 Å². The largest absolute Gasteiger partial charge is 0.361 e. The summed E-state index contributed by atoms with van der Waals surface area (Å²) in [7, 11) is 0. The van der Waals surface area contributed by atoms with Gasteiger partial charge in [-0.3, -0.25) is 9.59 Å². The van der Waals surface area contributed by atoms with Gasteiger partial charge in [-0.25, -0.2) is 0 Å². The topological polar surface area (TPSA) is 72.2 Å². The van der Waals surface area contributed by atoms with Crippen LogP contribution in [0.25, 0.3) is 0 Å². The lowest BCUT2D eigenvalue weighted by Crippen LogP contribution is -2.42. The van der Waals surface area contributed by atoms with Crippen LogP contribution in [0.4, 0.5) is 0 Å². The fourth-order valence-corrected chi connectivity index (χ4v) is 1.56. The fourth-order valence-electron chi connectivity index (χ4n) is 1.56. The Bertz CT molecular complexity index is 439. The predicted octanol–water partition coefficient (Wildman–Crippen LogP) is 0.874. The highest BCUT2D eigenvalue weighted by atomic mass is 16.2. The van der Waals surface area contributed by atoms with Gasteiger partial charge >= 0.3 is 11.8 Å². The third-order valence-electron chi connectivity index (χ3n) is 2.71. The number of nitrogens with one attached hydrogen (secondary N) is 1. The van der Waals surface area contributed by atoms with Gasteiger partial charge in [0.15, 0.2) is 0 Å². The standard InChI is InChI=1S/C13H18N2O2/c1-9-5-4-6-10(7-9)13(2,3)8-15-12(17)11(14)16/h4-7H,8H2,1-3H3,(H2,14,16)(H,15,17). The van der Waals surface area contributed by atoms with Crippen LogP contribution in [0.3, 0.4) is 0 Å². The lowest BCUT2D eigenvalue weighted by molar-refractivity contribution is -0.137. The molecule has 0 saturated carbocycles.